The average Bonchev–Trinajstić information content (AvgIpc) is 2.31. The molecule has 1 rings (SSSR count). The Kier molecular flexibility index (Phi) is 2.22. The molecule has 0 saturated carbocycles. The number of H-pyrrole nitrogens is 1. The van der Waals surface area contributed by atoms with Gasteiger partial charge in [-0.2, -0.15) is 0 Å². The minimum Gasteiger partial charge on any atom is -0.364 e. The second-order valence-electron chi connectivity index (χ2n) is 3.30. The molecule has 1 aromatic heterocycles. The van der Waals surface area contributed by atoms with Crippen molar-refractivity contribution in [2.24, 2.45) is 5.73 Å². The minimum absolute atomic E-state index is 0.331. The zero-order valence-corrected chi connectivity index (χ0v) is 7.64. The molecule has 3 N–H and O–H groups in total. The second kappa shape index (κ2) is 3.01. The molecule has 0 unspecified atom stereocenters. The smallest absolute Gasteiger partial charge is 0.265 e. The summed E-state index contributed by atoms with van der Waals surface area (Å²) in [5.41, 5.74) is 7.72. The van der Waals surface area contributed by atoms with E-state index in [1.807, 2.05) is 26.8 Å². The number of aromatic nitrogens is 1. The highest BCUT2D eigenvalue weighted by atomic mass is 16.1. The zero-order chi connectivity index (χ0) is 9.30. The van der Waals surface area contributed by atoms with Gasteiger partial charge in [-0.05, 0) is 24.5 Å². The van der Waals surface area contributed by atoms with Gasteiger partial charge in [-0.3, -0.25) is 4.79 Å². The van der Waals surface area contributed by atoms with E-state index < -0.39 is 0 Å². The molecule has 66 valence electrons. The molecule has 1 heterocycles. The lowest BCUT2D eigenvalue weighted by atomic mass is 10.0. The first-order valence-electron chi connectivity index (χ1n) is 4.01. The Hall–Kier alpha value is -1.25. The van der Waals surface area contributed by atoms with E-state index in [9.17, 15) is 4.79 Å². The summed E-state index contributed by atoms with van der Waals surface area (Å²) in [6.07, 6.45) is 0. The number of nitrogens with one attached hydrogen (secondary N) is 1. The maximum atomic E-state index is 10.9. The number of nitrogens with two attached hydrogens (primary N) is 1. The van der Waals surface area contributed by atoms with Crippen LogP contribution in [0.2, 0.25) is 0 Å². The van der Waals surface area contributed by atoms with Crippen molar-refractivity contribution in [3.8, 4) is 0 Å². The number of hydrogen-bond acceptors (Lipinski definition) is 1. The van der Waals surface area contributed by atoms with Crippen molar-refractivity contribution < 1.29 is 4.79 Å². The second-order valence-corrected chi connectivity index (χ2v) is 3.30. The van der Waals surface area contributed by atoms with E-state index in [0.717, 1.165) is 11.3 Å². The lowest BCUT2D eigenvalue weighted by molar-refractivity contribution is 0.0995. The fraction of sp³-hybridized carbons (Fsp3) is 0.444. The summed E-state index contributed by atoms with van der Waals surface area (Å²) in [6.45, 7) is 5.99. The fourth-order valence-electron chi connectivity index (χ4n) is 1.27. The van der Waals surface area contributed by atoms with Crippen molar-refractivity contribution in [1.29, 1.82) is 0 Å². The van der Waals surface area contributed by atoms with Gasteiger partial charge in [0.2, 0.25) is 0 Å². The van der Waals surface area contributed by atoms with Crippen LogP contribution in [0, 0.1) is 6.92 Å². The summed E-state index contributed by atoms with van der Waals surface area (Å²) in [5, 5.41) is 0. The molecule has 0 aliphatic heterocycles. The molecule has 0 spiro atoms. The summed E-state index contributed by atoms with van der Waals surface area (Å²) in [4.78, 5) is 13.9. The van der Waals surface area contributed by atoms with Gasteiger partial charge in [-0.25, -0.2) is 0 Å². The predicted octanol–water partition coefficient (Wildman–Crippen LogP) is 1.55. The number of aromatic amines is 1. The number of rotatable bonds is 2. The molecule has 0 aliphatic carbocycles. The Bertz CT molecular complexity index is 299. The van der Waals surface area contributed by atoms with E-state index in [2.05, 4.69) is 4.98 Å². The third-order valence-corrected chi connectivity index (χ3v) is 1.85. The standard InChI is InChI=1S/C9H14N2O/c1-5(2)7-4-6(3)11-8(7)9(10)12/h4-5,11H,1-3H3,(H2,10,12). The summed E-state index contributed by atoms with van der Waals surface area (Å²) >= 11 is 0. The SMILES string of the molecule is Cc1cc(C(C)C)c(C(N)=O)[nH]1. The first-order chi connectivity index (χ1) is 5.52. The van der Waals surface area contributed by atoms with E-state index in [4.69, 9.17) is 5.73 Å². The predicted molar refractivity (Wildman–Crippen MR) is 48.1 cm³/mol. The molecule has 12 heavy (non-hydrogen) atoms. The van der Waals surface area contributed by atoms with Crippen LogP contribution in [0.3, 0.4) is 0 Å². The Morgan fingerprint density at radius 2 is 2.17 bits per heavy atom. The molecule has 0 saturated heterocycles. The molecule has 0 atom stereocenters. The van der Waals surface area contributed by atoms with Gasteiger partial charge in [0.1, 0.15) is 5.69 Å². The van der Waals surface area contributed by atoms with E-state index in [-0.39, 0.29) is 5.91 Å². The Morgan fingerprint density at radius 3 is 2.50 bits per heavy atom. The number of aryl methyl sites for hydroxylation is 1. The van der Waals surface area contributed by atoms with Gasteiger partial charge in [-0.15, -0.1) is 0 Å². The van der Waals surface area contributed by atoms with E-state index in [1.54, 1.807) is 0 Å². The highest BCUT2D eigenvalue weighted by Crippen LogP contribution is 2.19. The summed E-state index contributed by atoms with van der Waals surface area (Å²) in [7, 11) is 0. The van der Waals surface area contributed by atoms with Gasteiger partial charge in [0.15, 0.2) is 0 Å². The molecule has 0 radical (unpaired) electrons. The van der Waals surface area contributed by atoms with Gasteiger partial charge in [0.05, 0.1) is 0 Å². The Balaban J connectivity index is 3.17. The third-order valence-electron chi connectivity index (χ3n) is 1.85. The Labute approximate surface area is 72.0 Å². The van der Waals surface area contributed by atoms with Crippen LogP contribution in [-0.4, -0.2) is 10.9 Å². The monoisotopic (exact) mass is 166 g/mol. The van der Waals surface area contributed by atoms with Crippen LogP contribution in [0.4, 0.5) is 0 Å². The maximum absolute atomic E-state index is 10.9. The number of amides is 1. The fourth-order valence-corrected chi connectivity index (χ4v) is 1.27. The summed E-state index contributed by atoms with van der Waals surface area (Å²) < 4.78 is 0. The normalized spacial score (nSPS) is 10.7. The van der Waals surface area contributed by atoms with Crippen molar-refractivity contribution in [1.82, 2.24) is 4.98 Å². The molecule has 1 amide bonds. The molecular formula is C9H14N2O. The molecule has 3 heteroatoms. The number of carbonyl (C=O) groups is 1. The quantitative estimate of drug-likeness (QED) is 0.688. The van der Waals surface area contributed by atoms with Crippen molar-refractivity contribution in [2.45, 2.75) is 26.7 Å². The van der Waals surface area contributed by atoms with Crippen LogP contribution in [0.1, 0.15) is 41.5 Å². The lowest BCUT2D eigenvalue weighted by Gasteiger charge is -2.02. The number of carbonyl (C=O) groups excluding carboxylic acids is 1. The van der Waals surface area contributed by atoms with Gasteiger partial charge < -0.3 is 10.7 Å². The molecule has 3 nitrogen and oxygen atoms in total. The summed E-state index contributed by atoms with van der Waals surface area (Å²) in [6, 6.07) is 1.96. The van der Waals surface area contributed by atoms with Crippen molar-refractivity contribution in [3.63, 3.8) is 0 Å². The first kappa shape index (κ1) is 8.84. The van der Waals surface area contributed by atoms with Crippen molar-refractivity contribution >= 4 is 5.91 Å². The summed E-state index contributed by atoms with van der Waals surface area (Å²) in [5.74, 6) is -0.0516. The highest BCUT2D eigenvalue weighted by Gasteiger charge is 2.13. The largest absolute Gasteiger partial charge is 0.364 e. The van der Waals surface area contributed by atoms with Crippen LogP contribution in [0.25, 0.3) is 0 Å². The van der Waals surface area contributed by atoms with Crippen LogP contribution in [-0.2, 0) is 0 Å². The molecule has 0 fully saturated rings. The van der Waals surface area contributed by atoms with Gasteiger partial charge in [-0.1, -0.05) is 13.8 Å². The molecule has 0 bridgehead atoms. The molecule has 1 aromatic rings. The van der Waals surface area contributed by atoms with Gasteiger partial charge in [0, 0.05) is 5.69 Å². The lowest BCUT2D eigenvalue weighted by Crippen LogP contribution is -2.14. The molecule has 0 aliphatic rings. The van der Waals surface area contributed by atoms with E-state index in [1.165, 1.54) is 0 Å². The van der Waals surface area contributed by atoms with Crippen molar-refractivity contribution in [3.05, 3.63) is 23.0 Å². The average molecular weight is 166 g/mol. The van der Waals surface area contributed by atoms with Gasteiger partial charge >= 0.3 is 0 Å². The molecule has 0 aromatic carbocycles. The topological polar surface area (TPSA) is 58.9 Å². The minimum atomic E-state index is -0.383. The zero-order valence-electron chi connectivity index (χ0n) is 7.64. The van der Waals surface area contributed by atoms with Crippen LogP contribution >= 0.6 is 0 Å². The first-order valence-corrected chi connectivity index (χ1v) is 4.01. The number of hydrogen-bond donors (Lipinski definition) is 2. The molecular weight excluding hydrogens is 152 g/mol. The van der Waals surface area contributed by atoms with Crippen LogP contribution in [0.15, 0.2) is 6.07 Å². The number of primary amides is 1. The Morgan fingerprint density at radius 1 is 1.58 bits per heavy atom. The highest BCUT2D eigenvalue weighted by molar-refractivity contribution is 5.92. The maximum Gasteiger partial charge on any atom is 0.265 e. The van der Waals surface area contributed by atoms with E-state index in [0.29, 0.717) is 11.6 Å². The van der Waals surface area contributed by atoms with Gasteiger partial charge in [0.25, 0.3) is 5.91 Å². The van der Waals surface area contributed by atoms with Crippen molar-refractivity contribution in [2.75, 3.05) is 0 Å². The van der Waals surface area contributed by atoms with E-state index >= 15 is 0 Å². The third kappa shape index (κ3) is 1.49. The van der Waals surface area contributed by atoms with Crippen LogP contribution in [0.5, 0.6) is 0 Å². The van der Waals surface area contributed by atoms with Crippen LogP contribution < -0.4 is 5.73 Å².